The zero-order valence-electron chi connectivity index (χ0n) is 16.7. The molecule has 7 nitrogen and oxygen atoms in total. The van der Waals surface area contributed by atoms with Crippen LogP contribution in [0.3, 0.4) is 0 Å². The fraction of sp³-hybridized carbons (Fsp3) is 0.571. The maximum Gasteiger partial charge on any atom is 0.321 e. The van der Waals surface area contributed by atoms with Gasteiger partial charge in [0.25, 0.3) is 0 Å². The van der Waals surface area contributed by atoms with E-state index in [1.54, 1.807) is 31.4 Å². The number of amides is 3. The van der Waals surface area contributed by atoms with Gasteiger partial charge in [-0.2, -0.15) is 0 Å². The summed E-state index contributed by atoms with van der Waals surface area (Å²) in [5.74, 6) is 0.176. The lowest BCUT2D eigenvalue weighted by Gasteiger charge is -2.48. The number of hydrogen-bond acceptors (Lipinski definition) is 4. The number of methoxy groups -OCH3 is 1. The SMILES string of the molecule is COCCN1CC2(CCCN(C(=O)Nc3ccc(C(C)=O)cc3)C2)CCC1=O. The molecule has 0 bridgehead atoms. The molecule has 1 aromatic rings. The molecule has 2 fully saturated rings. The molecule has 2 aliphatic rings. The van der Waals surface area contributed by atoms with Crippen LogP contribution >= 0.6 is 0 Å². The summed E-state index contributed by atoms with van der Waals surface area (Å²) >= 11 is 0. The molecule has 152 valence electrons. The van der Waals surface area contributed by atoms with Crippen molar-refractivity contribution in [2.75, 3.05) is 45.2 Å². The molecule has 0 radical (unpaired) electrons. The van der Waals surface area contributed by atoms with E-state index >= 15 is 0 Å². The van der Waals surface area contributed by atoms with Crippen LogP contribution in [0.1, 0.15) is 43.0 Å². The highest BCUT2D eigenvalue weighted by atomic mass is 16.5. The number of urea groups is 1. The summed E-state index contributed by atoms with van der Waals surface area (Å²) in [6.45, 7) is 4.71. The number of rotatable bonds is 5. The lowest BCUT2D eigenvalue weighted by atomic mass is 9.73. The molecule has 1 unspecified atom stereocenters. The normalized spacial score (nSPS) is 22.4. The summed E-state index contributed by atoms with van der Waals surface area (Å²) in [6.07, 6.45) is 3.32. The standard InChI is InChI=1S/C21H29N3O4/c1-16(25)17-4-6-18(7-5-17)22-20(27)24-11-3-9-21(15-24)10-8-19(26)23(14-21)12-13-28-2/h4-7H,3,8-15H2,1-2H3,(H,22,27). The van der Waals surface area contributed by atoms with Crippen molar-refractivity contribution < 1.29 is 19.1 Å². The van der Waals surface area contributed by atoms with Crippen LogP contribution in [0.2, 0.25) is 0 Å². The van der Waals surface area contributed by atoms with Gasteiger partial charge in [0.2, 0.25) is 5.91 Å². The molecule has 0 saturated carbocycles. The van der Waals surface area contributed by atoms with Crippen LogP contribution in [-0.2, 0) is 9.53 Å². The molecule has 28 heavy (non-hydrogen) atoms. The number of ketones is 1. The number of benzene rings is 1. The van der Waals surface area contributed by atoms with E-state index in [0.29, 0.717) is 50.5 Å². The van der Waals surface area contributed by atoms with E-state index in [1.165, 1.54) is 6.92 Å². The molecule has 3 rings (SSSR count). The monoisotopic (exact) mass is 387 g/mol. The maximum absolute atomic E-state index is 12.8. The van der Waals surface area contributed by atoms with Gasteiger partial charge in [-0.15, -0.1) is 0 Å². The largest absolute Gasteiger partial charge is 0.383 e. The molecule has 2 heterocycles. The van der Waals surface area contributed by atoms with Crippen LogP contribution in [-0.4, -0.2) is 67.4 Å². The number of nitrogens with one attached hydrogen (secondary N) is 1. The third kappa shape index (κ3) is 4.70. The van der Waals surface area contributed by atoms with Gasteiger partial charge in [0, 0.05) is 56.4 Å². The molecule has 1 N–H and O–H groups in total. The highest BCUT2D eigenvalue weighted by molar-refractivity contribution is 5.95. The van der Waals surface area contributed by atoms with Crippen LogP contribution < -0.4 is 5.32 Å². The Morgan fingerprint density at radius 1 is 1.18 bits per heavy atom. The van der Waals surface area contributed by atoms with Crippen LogP contribution in [0.25, 0.3) is 0 Å². The lowest BCUT2D eigenvalue weighted by Crippen LogP contribution is -2.56. The number of Topliss-reactive ketones (excluding diaryl/α,β-unsaturated/α-hetero) is 1. The number of carbonyl (C=O) groups excluding carboxylic acids is 3. The van der Waals surface area contributed by atoms with Crippen LogP contribution in [0.4, 0.5) is 10.5 Å². The van der Waals surface area contributed by atoms with E-state index in [9.17, 15) is 14.4 Å². The molecule has 0 aliphatic carbocycles. The summed E-state index contributed by atoms with van der Waals surface area (Å²) in [5, 5.41) is 2.93. The predicted molar refractivity (Wildman–Crippen MR) is 106 cm³/mol. The molecule has 2 saturated heterocycles. The Morgan fingerprint density at radius 2 is 1.93 bits per heavy atom. The van der Waals surface area contributed by atoms with Gasteiger partial charge in [-0.05, 0) is 50.5 Å². The number of carbonyl (C=O) groups is 3. The van der Waals surface area contributed by atoms with Crippen molar-refractivity contribution >= 4 is 23.4 Å². The summed E-state index contributed by atoms with van der Waals surface area (Å²) in [5.41, 5.74) is 1.27. The van der Waals surface area contributed by atoms with E-state index < -0.39 is 0 Å². The molecule has 7 heteroatoms. The highest BCUT2D eigenvalue weighted by Gasteiger charge is 2.42. The Morgan fingerprint density at radius 3 is 2.61 bits per heavy atom. The Balaban J connectivity index is 1.62. The van der Waals surface area contributed by atoms with Crippen molar-refractivity contribution in [2.45, 2.75) is 32.6 Å². The second-order valence-corrected chi connectivity index (χ2v) is 7.90. The molecular weight excluding hydrogens is 358 g/mol. The fourth-order valence-corrected chi connectivity index (χ4v) is 4.21. The second kappa shape index (κ2) is 8.73. The van der Waals surface area contributed by atoms with Gasteiger partial charge in [0.15, 0.2) is 5.78 Å². The summed E-state index contributed by atoms with van der Waals surface area (Å²) in [6, 6.07) is 6.81. The lowest BCUT2D eigenvalue weighted by molar-refractivity contribution is -0.139. The molecule has 2 aliphatic heterocycles. The number of nitrogens with zero attached hydrogens (tertiary/aromatic N) is 2. The van der Waals surface area contributed by atoms with E-state index in [-0.39, 0.29) is 23.1 Å². The van der Waals surface area contributed by atoms with Crippen LogP contribution in [0, 0.1) is 5.41 Å². The third-order valence-electron chi connectivity index (χ3n) is 5.80. The van der Waals surface area contributed by atoms with Crippen molar-refractivity contribution in [2.24, 2.45) is 5.41 Å². The van der Waals surface area contributed by atoms with Crippen molar-refractivity contribution in [3.63, 3.8) is 0 Å². The van der Waals surface area contributed by atoms with Gasteiger partial charge < -0.3 is 19.9 Å². The second-order valence-electron chi connectivity index (χ2n) is 7.90. The summed E-state index contributed by atoms with van der Waals surface area (Å²) in [7, 11) is 1.64. The van der Waals surface area contributed by atoms with Crippen molar-refractivity contribution in [1.29, 1.82) is 0 Å². The van der Waals surface area contributed by atoms with Crippen LogP contribution in [0.5, 0.6) is 0 Å². The average Bonchev–Trinajstić information content (AvgIpc) is 2.69. The Kier molecular flexibility index (Phi) is 6.34. The van der Waals surface area contributed by atoms with Gasteiger partial charge in [-0.25, -0.2) is 4.79 Å². The molecule has 1 atom stereocenters. The fourth-order valence-electron chi connectivity index (χ4n) is 4.21. The summed E-state index contributed by atoms with van der Waals surface area (Å²) < 4.78 is 5.13. The van der Waals surface area contributed by atoms with Crippen LogP contribution in [0.15, 0.2) is 24.3 Å². The zero-order chi connectivity index (χ0) is 20.1. The first kappa shape index (κ1) is 20.3. The van der Waals surface area contributed by atoms with Gasteiger partial charge >= 0.3 is 6.03 Å². The Bertz CT molecular complexity index is 734. The van der Waals surface area contributed by atoms with E-state index in [2.05, 4.69) is 5.32 Å². The highest BCUT2D eigenvalue weighted by Crippen LogP contribution is 2.39. The molecule has 1 spiro atoms. The van der Waals surface area contributed by atoms with E-state index in [4.69, 9.17) is 4.74 Å². The number of piperidine rings is 2. The first-order valence-electron chi connectivity index (χ1n) is 9.86. The zero-order valence-corrected chi connectivity index (χ0v) is 16.7. The smallest absolute Gasteiger partial charge is 0.321 e. The van der Waals surface area contributed by atoms with Crippen molar-refractivity contribution in [3.05, 3.63) is 29.8 Å². The quantitative estimate of drug-likeness (QED) is 0.788. The topological polar surface area (TPSA) is 79.0 Å². The van der Waals surface area contributed by atoms with E-state index in [1.807, 2.05) is 9.80 Å². The van der Waals surface area contributed by atoms with E-state index in [0.717, 1.165) is 19.3 Å². The van der Waals surface area contributed by atoms with Gasteiger partial charge in [0.1, 0.15) is 0 Å². The maximum atomic E-state index is 12.8. The van der Waals surface area contributed by atoms with Gasteiger partial charge in [0.05, 0.1) is 6.61 Å². The molecular formula is C21H29N3O4. The van der Waals surface area contributed by atoms with Gasteiger partial charge in [-0.3, -0.25) is 9.59 Å². The number of likely N-dealkylation sites (tertiary alicyclic amines) is 2. The minimum atomic E-state index is -0.130. The number of anilines is 1. The summed E-state index contributed by atoms with van der Waals surface area (Å²) in [4.78, 5) is 40.1. The number of hydrogen-bond donors (Lipinski definition) is 1. The molecule has 3 amide bonds. The molecule has 1 aromatic carbocycles. The minimum absolute atomic E-state index is 0.000668. The minimum Gasteiger partial charge on any atom is -0.383 e. The Hall–Kier alpha value is -2.41. The average molecular weight is 387 g/mol. The molecule has 0 aromatic heterocycles. The first-order valence-corrected chi connectivity index (χ1v) is 9.86. The predicted octanol–water partition coefficient (Wildman–Crippen LogP) is 2.77. The number of ether oxygens (including phenoxy) is 1. The van der Waals surface area contributed by atoms with Crippen molar-refractivity contribution in [1.82, 2.24) is 9.80 Å². The van der Waals surface area contributed by atoms with Crippen molar-refractivity contribution in [3.8, 4) is 0 Å². The Labute approximate surface area is 166 Å². The van der Waals surface area contributed by atoms with Gasteiger partial charge in [-0.1, -0.05) is 0 Å². The third-order valence-corrected chi connectivity index (χ3v) is 5.80. The first-order chi connectivity index (χ1) is 13.4.